The number of nitrogens with zero attached hydrogens (tertiary/aromatic N) is 2. The zero-order chi connectivity index (χ0) is 20.2. The number of thiophene rings is 1. The van der Waals surface area contributed by atoms with Crippen molar-refractivity contribution in [2.24, 2.45) is 4.99 Å². The minimum atomic E-state index is -0.0732. The highest BCUT2D eigenvalue weighted by molar-refractivity contribution is 7.16. The summed E-state index contributed by atoms with van der Waals surface area (Å²) in [5.74, 6) is 0.671. The average Bonchev–Trinajstić information content (AvgIpc) is 3.38. The molecule has 1 aromatic carbocycles. The highest BCUT2D eigenvalue weighted by Crippen LogP contribution is 2.39. The standard InChI is InChI=1S/C23H25N3O2S/c1-26(2)17-11-9-16(10-12-17)14-25-23-21(19-7-3-4-8-20(19)29-23)22(27)24-15-18-6-5-13-28-18/h5-6,9-14H,3-4,7-8,15H2,1-2H3,(H,24,27). The summed E-state index contributed by atoms with van der Waals surface area (Å²) in [5, 5.41) is 3.79. The van der Waals surface area contributed by atoms with Crippen molar-refractivity contribution in [3.8, 4) is 0 Å². The molecule has 0 spiro atoms. The van der Waals surface area contributed by atoms with Crippen LogP contribution < -0.4 is 10.2 Å². The lowest BCUT2D eigenvalue weighted by Crippen LogP contribution is -2.23. The van der Waals surface area contributed by atoms with Crippen molar-refractivity contribution < 1.29 is 9.21 Å². The van der Waals surface area contributed by atoms with Gasteiger partial charge in [-0.15, -0.1) is 11.3 Å². The minimum absolute atomic E-state index is 0.0732. The Labute approximate surface area is 175 Å². The van der Waals surface area contributed by atoms with E-state index in [2.05, 4.69) is 22.3 Å². The molecule has 0 saturated heterocycles. The van der Waals surface area contributed by atoms with Gasteiger partial charge in [-0.1, -0.05) is 12.1 Å². The van der Waals surface area contributed by atoms with Crippen LogP contribution in [0.5, 0.6) is 0 Å². The molecule has 150 valence electrons. The third kappa shape index (κ3) is 4.43. The molecule has 3 aromatic rings. The zero-order valence-electron chi connectivity index (χ0n) is 16.8. The Bertz CT molecular complexity index is 1000. The van der Waals surface area contributed by atoms with E-state index >= 15 is 0 Å². The van der Waals surface area contributed by atoms with Gasteiger partial charge < -0.3 is 14.6 Å². The van der Waals surface area contributed by atoms with Gasteiger partial charge in [0.05, 0.1) is 18.4 Å². The van der Waals surface area contributed by atoms with Gasteiger partial charge in [0.2, 0.25) is 0 Å². The summed E-state index contributed by atoms with van der Waals surface area (Å²) in [6, 6.07) is 11.9. The first-order valence-corrected chi connectivity index (χ1v) is 10.7. The van der Waals surface area contributed by atoms with Gasteiger partial charge >= 0.3 is 0 Å². The summed E-state index contributed by atoms with van der Waals surface area (Å²) < 4.78 is 5.33. The molecule has 4 rings (SSSR count). The van der Waals surface area contributed by atoms with E-state index < -0.39 is 0 Å². The minimum Gasteiger partial charge on any atom is -0.467 e. The van der Waals surface area contributed by atoms with Crippen LogP contribution in [0.3, 0.4) is 0 Å². The van der Waals surface area contributed by atoms with Gasteiger partial charge in [0.25, 0.3) is 5.91 Å². The topological polar surface area (TPSA) is 57.8 Å². The number of benzene rings is 1. The Balaban J connectivity index is 1.58. The first-order valence-electron chi connectivity index (χ1n) is 9.88. The normalized spacial score (nSPS) is 13.4. The van der Waals surface area contributed by atoms with Crippen LogP contribution in [-0.4, -0.2) is 26.2 Å². The number of fused-ring (bicyclic) bond motifs is 1. The number of nitrogens with one attached hydrogen (secondary N) is 1. The molecule has 6 heteroatoms. The van der Waals surface area contributed by atoms with Crippen LogP contribution >= 0.6 is 11.3 Å². The molecule has 1 aliphatic rings. The molecule has 0 atom stereocenters. The number of hydrogen-bond donors (Lipinski definition) is 1. The summed E-state index contributed by atoms with van der Waals surface area (Å²) in [6.07, 6.45) is 7.74. The van der Waals surface area contributed by atoms with Crippen molar-refractivity contribution in [2.75, 3.05) is 19.0 Å². The predicted molar refractivity (Wildman–Crippen MR) is 119 cm³/mol. The average molecular weight is 408 g/mol. The van der Waals surface area contributed by atoms with Crippen LogP contribution in [0.15, 0.2) is 52.1 Å². The molecule has 2 heterocycles. The zero-order valence-corrected chi connectivity index (χ0v) is 17.6. The largest absolute Gasteiger partial charge is 0.467 e. The van der Waals surface area contributed by atoms with Crippen molar-refractivity contribution in [3.63, 3.8) is 0 Å². The third-order valence-electron chi connectivity index (χ3n) is 5.12. The van der Waals surface area contributed by atoms with E-state index in [1.165, 1.54) is 16.9 Å². The van der Waals surface area contributed by atoms with Gasteiger partial charge in [-0.2, -0.15) is 0 Å². The van der Waals surface area contributed by atoms with Gasteiger partial charge in [-0.05, 0) is 61.1 Å². The molecular weight excluding hydrogens is 382 g/mol. The van der Waals surface area contributed by atoms with Gasteiger partial charge in [0.1, 0.15) is 10.8 Å². The molecule has 1 amide bonds. The highest BCUT2D eigenvalue weighted by atomic mass is 32.1. The van der Waals surface area contributed by atoms with Crippen LogP contribution in [0.1, 0.15) is 45.0 Å². The van der Waals surface area contributed by atoms with Gasteiger partial charge in [0.15, 0.2) is 0 Å². The van der Waals surface area contributed by atoms with Crippen LogP contribution in [0.2, 0.25) is 0 Å². The quantitative estimate of drug-likeness (QED) is 0.587. The van der Waals surface area contributed by atoms with E-state index in [0.29, 0.717) is 6.54 Å². The van der Waals surface area contributed by atoms with Crippen molar-refractivity contribution in [3.05, 3.63) is 70.0 Å². The molecule has 1 N–H and O–H groups in total. The SMILES string of the molecule is CN(C)c1ccc(C=Nc2sc3c(c2C(=O)NCc2ccco2)CCCC3)cc1. The van der Waals surface area contributed by atoms with Gasteiger partial charge in [-0.3, -0.25) is 4.79 Å². The second kappa shape index (κ2) is 8.66. The molecule has 1 aliphatic carbocycles. The van der Waals surface area contributed by atoms with Crippen molar-refractivity contribution in [1.82, 2.24) is 5.32 Å². The maximum atomic E-state index is 13.0. The van der Waals surface area contributed by atoms with E-state index in [4.69, 9.17) is 9.41 Å². The molecule has 0 unspecified atom stereocenters. The van der Waals surface area contributed by atoms with E-state index in [0.717, 1.165) is 46.8 Å². The lowest BCUT2D eigenvalue weighted by Gasteiger charge is -2.12. The molecule has 0 saturated carbocycles. The first-order chi connectivity index (χ1) is 14.1. The van der Waals surface area contributed by atoms with Crippen LogP contribution in [0, 0.1) is 0 Å². The second-order valence-corrected chi connectivity index (χ2v) is 8.48. The second-order valence-electron chi connectivity index (χ2n) is 7.40. The maximum Gasteiger partial charge on any atom is 0.255 e. The van der Waals surface area contributed by atoms with Crippen molar-refractivity contribution in [2.45, 2.75) is 32.2 Å². The van der Waals surface area contributed by atoms with E-state index in [-0.39, 0.29) is 5.91 Å². The summed E-state index contributed by atoms with van der Waals surface area (Å²) in [7, 11) is 4.04. The Kier molecular flexibility index (Phi) is 5.81. The summed E-state index contributed by atoms with van der Waals surface area (Å²) >= 11 is 1.65. The summed E-state index contributed by atoms with van der Waals surface area (Å²) in [5.41, 5.74) is 4.07. The third-order valence-corrected chi connectivity index (χ3v) is 6.32. The molecule has 0 radical (unpaired) electrons. The number of rotatable bonds is 6. The summed E-state index contributed by atoms with van der Waals surface area (Å²) in [4.78, 5) is 21.1. The fourth-order valence-electron chi connectivity index (χ4n) is 3.54. The number of carbonyl (C=O) groups is 1. The van der Waals surface area contributed by atoms with Crippen LogP contribution in [0.25, 0.3) is 0 Å². The molecule has 0 fully saturated rings. The molecule has 0 bridgehead atoms. The smallest absolute Gasteiger partial charge is 0.255 e. The number of carbonyl (C=O) groups excluding carboxylic acids is 1. The first kappa shape index (κ1) is 19.5. The monoisotopic (exact) mass is 407 g/mol. The van der Waals surface area contributed by atoms with Gasteiger partial charge in [-0.25, -0.2) is 4.99 Å². The summed E-state index contributed by atoms with van der Waals surface area (Å²) in [6.45, 7) is 0.381. The highest BCUT2D eigenvalue weighted by Gasteiger charge is 2.25. The maximum absolute atomic E-state index is 13.0. The Morgan fingerprint density at radius 2 is 2.00 bits per heavy atom. The number of furan rings is 1. The Morgan fingerprint density at radius 3 is 2.72 bits per heavy atom. The van der Waals surface area contributed by atoms with Gasteiger partial charge in [0, 0.05) is 30.9 Å². The fourth-order valence-corrected chi connectivity index (χ4v) is 4.77. The lowest BCUT2D eigenvalue weighted by atomic mass is 9.95. The number of hydrogen-bond acceptors (Lipinski definition) is 5. The lowest BCUT2D eigenvalue weighted by molar-refractivity contribution is 0.0948. The van der Waals surface area contributed by atoms with Crippen molar-refractivity contribution in [1.29, 1.82) is 0 Å². The van der Waals surface area contributed by atoms with Crippen molar-refractivity contribution >= 4 is 34.1 Å². The number of aliphatic imine (C=N–C) groups is 1. The van der Waals surface area contributed by atoms with E-state index in [1.54, 1.807) is 17.6 Å². The molecule has 29 heavy (non-hydrogen) atoms. The molecular formula is C23H25N3O2S. The van der Waals surface area contributed by atoms with Crippen LogP contribution in [0.4, 0.5) is 10.7 Å². The predicted octanol–water partition coefficient (Wildman–Crippen LogP) is 4.97. The van der Waals surface area contributed by atoms with E-state index in [1.807, 2.05) is 44.6 Å². The fraction of sp³-hybridized carbons (Fsp3) is 0.304. The Hall–Kier alpha value is -2.86. The Morgan fingerprint density at radius 1 is 1.21 bits per heavy atom. The number of anilines is 1. The number of aryl methyl sites for hydroxylation is 1. The van der Waals surface area contributed by atoms with Crippen LogP contribution in [-0.2, 0) is 19.4 Å². The number of amides is 1. The molecule has 5 nitrogen and oxygen atoms in total. The molecule has 0 aliphatic heterocycles. The van der Waals surface area contributed by atoms with E-state index in [9.17, 15) is 4.79 Å². The molecule has 2 aromatic heterocycles.